The molecule has 0 saturated carbocycles. The predicted molar refractivity (Wildman–Crippen MR) is 54.5 cm³/mol. The standard InChI is InChI=1S/C9H21NOSi/c1-8-6-7-9(2,3)12(8,10-4)11-5/h8,10H,6-7H2,1-5H3. The molecule has 3 heteroatoms. The number of hydrogen-bond donors (Lipinski definition) is 1. The van der Waals surface area contributed by atoms with Crippen LogP contribution in [0.5, 0.6) is 0 Å². The molecule has 0 amide bonds. The molecule has 0 aromatic carbocycles. The zero-order valence-corrected chi connectivity index (χ0v) is 9.90. The quantitative estimate of drug-likeness (QED) is 0.670. The third-order valence-corrected chi connectivity index (χ3v) is 8.92. The van der Waals surface area contributed by atoms with Crippen LogP contribution in [0.25, 0.3) is 0 Å². The highest BCUT2D eigenvalue weighted by molar-refractivity contribution is 6.76. The van der Waals surface area contributed by atoms with Gasteiger partial charge in [0.1, 0.15) is 0 Å². The van der Waals surface area contributed by atoms with Crippen LogP contribution >= 0.6 is 0 Å². The van der Waals surface area contributed by atoms with Crippen molar-refractivity contribution in [2.24, 2.45) is 0 Å². The van der Waals surface area contributed by atoms with Gasteiger partial charge in [0.05, 0.1) is 0 Å². The summed E-state index contributed by atoms with van der Waals surface area (Å²) < 4.78 is 5.80. The van der Waals surface area contributed by atoms with Gasteiger partial charge in [-0.1, -0.05) is 20.8 Å². The molecule has 2 unspecified atom stereocenters. The molecule has 0 radical (unpaired) electrons. The largest absolute Gasteiger partial charge is 0.406 e. The third-order valence-electron chi connectivity index (χ3n) is 3.60. The molecular formula is C9H21NOSi. The Labute approximate surface area is 76.9 Å². The van der Waals surface area contributed by atoms with E-state index in [1.807, 2.05) is 7.11 Å². The maximum Gasteiger partial charge on any atom is 0.276 e. The van der Waals surface area contributed by atoms with E-state index in [2.05, 4.69) is 32.8 Å². The predicted octanol–water partition coefficient (Wildman–Crippen LogP) is 2.26. The Bertz CT molecular complexity index is 166. The Balaban J connectivity index is 2.95. The van der Waals surface area contributed by atoms with E-state index in [0.29, 0.717) is 5.04 Å². The van der Waals surface area contributed by atoms with Gasteiger partial charge in [-0.3, -0.25) is 0 Å². The van der Waals surface area contributed by atoms with E-state index in [9.17, 15) is 0 Å². The summed E-state index contributed by atoms with van der Waals surface area (Å²) in [5.74, 6) is 0. The molecule has 1 N–H and O–H groups in total. The molecule has 2 nitrogen and oxygen atoms in total. The first-order chi connectivity index (χ1) is 5.50. The van der Waals surface area contributed by atoms with Crippen molar-refractivity contribution in [2.75, 3.05) is 14.2 Å². The molecule has 1 saturated heterocycles. The van der Waals surface area contributed by atoms with E-state index in [0.717, 1.165) is 5.54 Å². The maximum atomic E-state index is 5.80. The zero-order valence-electron chi connectivity index (χ0n) is 8.90. The first kappa shape index (κ1) is 10.2. The maximum absolute atomic E-state index is 5.80. The van der Waals surface area contributed by atoms with E-state index < -0.39 is 8.48 Å². The van der Waals surface area contributed by atoms with Crippen molar-refractivity contribution in [3.63, 3.8) is 0 Å². The summed E-state index contributed by atoms with van der Waals surface area (Å²) >= 11 is 0. The van der Waals surface area contributed by atoms with Crippen LogP contribution in [-0.4, -0.2) is 22.6 Å². The van der Waals surface area contributed by atoms with Crippen LogP contribution in [0, 0.1) is 0 Å². The fourth-order valence-electron chi connectivity index (χ4n) is 2.80. The molecule has 12 heavy (non-hydrogen) atoms. The second kappa shape index (κ2) is 3.12. The van der Waals surface area contributed by atoms with E-state index in [1.54, 1.807) is 0 Å². The molecule has 1 rings (SSSR count). The number of rotatable bonds is 2. The fraction of sp³-hybridized carbons (Fsp3) is 1.00. The van der Waals surface area contributed by atoms with Crippen molar-refractivity contribution in [1.29, 1.82) is 0 Å². The normalized spacial score (nSPS) is 40.2. The summed E-state index contributed by atoms with van der Waals surface area (Å²) in [4.78, 5) is 3.48. The van der Waals surface area contributed by atoms with E-state index in [4.69, 9.17) is 4.43 Å². The Morgan fingerprint density at radius 2 is 2.08 bits per heavy atom. The van der Waals surface area contributed by atoms with Gasteiger partial charge in [-0.05, 0) is 30.5 Å². The lowest BCUT2D eigenvalue weighted by Gasteiger charge is -2.39. The molecule has 2 atom stereocenters. The van der Waals surface area contributed by atoms with E-state index >= 15 is 0 Å². The van der Waals surface area contributed by atoms with Crippen LogP contribution in [0.1, 0.15) is 33.6 Å². The van der Waals surface area contributed by atoms with Gasteiger partial charge in [0, 0.05) is 7.11 Å². The van der Waals surface area contributed by atoms with Crippen molar-refractivity contribution < 1.29 is 4.43 Å². The first-order valence-electron chi connectivity index (χ1n) is 4.74. The van der Waals surface area contributed by atoms with Gasteiger partial charge in [-0.25, -0.2) is 0 Å². The topological polar surface area (TPSA) is 21.3 Å². The lowest BCUT2D eigenvalue weighted by Crippen LogP contribution is -2.58. The SMILES string of the molecule is CN[Si]1(OC)C(C)CCC1(C)C. The van der Waals surface area contributed by atoms with Crippen molar-refractivity contribution in [3.05, 3.63) is 0 Å². The molecule has 1 fully saturated rings. The van der Waals surface area contributed by atoms with Crippen LogP contribution < -0.4 is 4.98 Å². The van der Waals surface area contributed by atoms with Crippen LogP contribution in [0.4, 0.5) is 0 Å². The molecule has 1 heterocycles. The zero-order chi connectivity index (χ0) is 9.41. The van der Waals surface area contributed by atoms with E-state index in [-0.39, 0.29) is 0 Å². The molecular weight excluding hydrogens is 166 g/mol. The molecule has 0 bridgehead atoms. The minimum Gasteiger partial charge on any atom is -0.406 e. The highest BCUT2D eigenvalue weighted by atomic mass is 28.4. The second-order valence-corrected chi connectivity index (χ2v) is 9.23. The van der Waals surface area contributed by atoms with Crippen LogP contribution in [0.3, 0.4) is 0 Å². The highest BCUT2D eigenvalue weighted by Gasteiger charge is 2.56. The smallest absolute Gasteiger partial charge is 0.276 e. The van der Waals surface area contributed by atoms with Crippen LogP contribution in [0.2, 0.25) is 10.6 Å². The Morgan fingerprint density at radius 1 is 1.50 bits per heavy atom. The Kier molecular flexibility index (Phi) is 2.66. The Morgan fingerprint density at radius 3 is 2.25 bits per heavy atom. The summed E-state index contributed by atoms with van der Waals surface area (Å²) in [6.45, 7) is 6.99. The minimum atomic E-state index is -1.66. The van der Waals surface area contributed by atoms with Gasteiger partial charge in [-0.2, -0.15) is 0 Å². The van der Waals surface area contributed by atoms with Crippen LogP contribution in [-0.2, 0) is 4.43 Å². The highest BCUT2D eigenvalue weighted by Crippen LogP contribution is 2.54. The van der Waals surface area contributed by atoms with Crippen molar-refractivity contribution in [1.82, 2.24) is 4.98 Å². The van der Waals surface area contributed by atoms with Crippen molar-refractivity contribution in [2.45, 2.75) is 44.2 Å². The van der Waals surface area contributed by atoms with Gasteiger partial charge in [0.25, 0.3) is 8.48 Å². The molecule has 0 aliphatic carbocycles. The van der Waals surface area contributed by atoms with Gasteiger partial charge in [0.2, 0.25) is 0 Å². The average Bonchev–Trinajstić information content (AvgIpc) is 2.24. The number of nitrogens with one attached hydrogen (secondary N) is 1. The molecule has 0 aromatic heterocycles. The summed E-state index contributed by atoms with van der Waals surface area (Å²) in [5.41, 5.74) is 0.738. The average molecular weight is 187 g/mol. The molecule has 0 spiro atoms. The van der Waals surface area contributed by atoms with Crippen LogP contribution in [0.15, 0.2) is 0 Å². The van der Waals surface area contributed by atoms with Gasteiger partial charge in [-0.15, -0.1) is 0 Å². The third kappa shape index (κ3) is 1.15. The van der Waals surface area contributed by atoms with Gasteiger partial charge < -0.3 is 9.41 Å². The first-order valence-corrected chi connectivity index (χ1v) is 6.73. The minimum absolute atomic E-state index is 0.385. The van der Waals surface area contributed by atoms with Gasteiger partial charge in [0.15, 0.2) is 0 Å². The summed E-state index contributed by atoms with van der Waals surface area (Å²) in [5, 5.41) is 0.385. The Hall–Kier alpha value is 0.137. The fourth-order valence-corrected chi connectivity index (χ4v) is 7.53. The van der Waals surface area contributed by atoms with Gasteiger partial charge >= 0.3 is 0 Å². The number of hydrogen-bond acceptors (Lipinski definition) is 2. The summed E-state index contributed by atoms with van der Waals surface area (Å²) in [6.07, 6.45) is 2.61. The monoisotopic (exact) mass is 187 g/mol. The second-order valence-electron chi connectivity index (χ2n) is 4.51. The van der Waals surface area contributed by atoms with Crippen molar-refractivity contribution >= 4 is 8.48 Å². The van der Waals surface area contributed by atoms with E-state index in [1.165, 1.54) is 12.8 Å². The molecule has 1 aliphatic heterocycles. The lowest BCUT2D eigenvalue weighted by atomic mass is 10.1. The molecule has 72 valence electrons. The summed E-state index contributed by atoms with van der Waals surface area (Å²) in [7, 11) is 2.26. The molecule has 0 aromatic rings. The molecule has 1 aliphatic rings. The lowest BCUT2D eigenvalue weighted by molar-refractivity contribution is 0.349. The summed E-state index contributed by atoms with van der Waals surface area (Å²) in [6, 6.07) is 0. The van der Waals surface area contributed by atoms with Crippen molar-refractivity contribution in [3.8, 4) is 0 Å².